The van der Waals surface area contributed by atoms with Crippen molar-refractivity contribution in [1.29, 1.82) is 0 Å². The molecule has 1 aliphatic carbocycles. The van der Waals surface area contributed by atoms with Crippen molar-refractivity contribution in [2.24, 2.45) is 11.7 Å². The Morgan fingerprint density at radius 1 is 1.57 bits per heavy atom. The predicted molar refractivity (Wildman–Crippen MR) is 49.1 cm³/mol. The van der Waals surface area contributed by atoms with Gasteiger partial charge in [0.05, 0.1) is 23.6 Å². The zero-order chi connectivity index (χ0) is 9.97. The number of ether oxygens (including phenoxy) is 3. The first-order valence-corrected chi connectivity index (χ1v) is 4.97. The third-order valence-corrected chi connectivity index (χ3v) is 3.73. The minimum Gasteiger partial charge on any atom is -0.376 e. The van der Waals surface area contributed by atoms with Crippen LogP contribution in [0.5, 0.6) is 0 Å². The molecule has 0 radical (unpaired) electrons. The summed E-state index contributed by atoms with van der Waals surface area (Å²) in [6.07, 6.45) is 0.386. The van der Waals surface area contributed by atoms with Gasteiger partial charge in [-0.2, -0.15) is 0 Å². The fraction of sp³-hybridized carbons (Fsp3) is 1.00. The van der Waals surface area contributed by atoms with E-state index in [1.54, 1.807) is 0 Å². The second-order valence-electron chi connectivity index (χ2n) is 4.48. The molecule has 3 rings (SSSR count). The Balaban J connectivity index is 1.96. The standard InChI is InChI=1S/C8H14BNO4/c9-6-4-5-7(2-10,14-6)1-8(5,11)13-3-12-4/h4-6,11H,1-3,9-10H2/t4-,5?,6+,7+,8?/m0/s1. The number of hydrogen-bond acceptors (Lipinski definition) is 5. The van der Waals surface area contributed by atoms with E-state index in [0.29, 0.717) is 13.0 Å². The van der Waals surface area contributed by atoms with Gasteiger partial charge in [0.2, 0.25) is 0 Å². The highest BCUT2D eigenvalue weighted by Gasteiger charge is 2.74. The summed E-state index contributed by atoms with van der Waals surface area (Å²) >= 11 is 0. The van der Waals surface area contributed by atoms with E-state index in [-0.39, 0.29) is 24.8 Å². The molecule has 5 nitrogen and oxygen atoms in total. The van der Waals surface area contributed by atoms with Gasteiger partial charge in [0.1, 0.15) is 7.85 Å². The number of nitrogens with two attached hydrogens (primary N) is 1. The quantitative estimate of drug-likeness (QED) is 0.467. The summed E-state index contributed by atoms with van der Waals surface area (Å²) in [4.78, 5) is 0. The molecule has 3 fully saturated rings. The van der Waals surface area contributed by atoms with Gasteiger partial charge in [-0.1, -0.05) is 0 Å². The van der Waals surface area contributed by atoms with Crippen LogP contribution in [0.25, 0.3) is 0 Å². The Labute approximate surface area is 82.9 Å². The van der Waals surface area contributed by atoms with Gasteiger partial charge < -0.3 is 25.1 Å². The Kier molecular flexibility index (Phi) is 1.63. The molecule has 2 saturated heterocycles. The lowest BCUT2D eigenvalue weighted by Crippen LogP contribution is -2.72. The van der Waals surface area contributed by atoms with Crippen molar-refractivity contribution in [3.05, 3.63) is 0 Å². The van der Waals surface area contributed by atoms with Crippen LogP contribution < -0.4 is 5.73 Å². The Morgan fingerprint density at radius 3 is 3.07 bits per heavy atom. The lowest BCUT2D eigenvalue weighted by molar-refractivity contribution is -0.398. The van der Waals surface area contributed by atoms with Crippen LogP contribution in [0.4, 0.5) is 0 Å². The molecule has 14 heavy (non-hydrogen) atoms. The van der Waals surface area contributed by atoms with Gasteiger partial charge in [-0.25, -0.2) is 0 Å². The summed E-state index contributed by atoms with van der Waals surface area (Å²) in [7, 11) is 1.95. The van der Waals surface area contributed by atoms with E-state index in [1.165, 1.54) is 0 Å². The summed E-state index contributed by atoms with van der Waals surface area (Å²) in [5.74, 6) is -1.18. The molecule has 0 aromatic rings. The number of hydrogen-bond donors (Lipinski definition) is 2. The van der Waals surface area contributed by atoms with Crippen molar-refractivity contribution in [2.45, 2.75) is 29.9 Å². The van der Waals surface area contributed by atoms with E-state index in [9.17, 15) is 5.11 Å². The molecular formula is C8H14BNO4. The molecule has 0 bridgehead atoms. The Bertz CT molecular complexity index is 278. The van der Waals surface area contributed by atoms with Crippen molar-refractivity contribution in [1.82, 2.24) is 0 Å². The molecule has 78 valence electrons. The van der Waals surface area contributed by atoms with Crippen LogP contribution in [0, 0.1) is 5.92 Å². The molecule has 0 aromatic carbocycles. The van der Waals surface area contributed by atoms with Crippen LogP contribution in [0.1, 0.15) is 6.42 Å². The van der Waals surface area contributed by atoms with Crippen LogP contribution in [0.3, 0.4) is 0 Å². The molecule has 1 saturated carbocycles. The molecular weight excluding hydrogens is 185 g/mol. The molecule has 2 unspecified atom stereocenters. The van der Waals surface area contributed by atoms with Crippen molar-refractivity contribution in [3.63, 3.8) is 0 Å². The summed E-state index contributed by atoms with van der Waals surface area (Å²) in [6, 6.07) is -0.0125. The summed E-state index contributed by atoms with van der Waals surface area (Å²) in [5, 5.41) is 10.1. The lowest BCUT2D eigenvalue weighted by atomic mass is 9.61. The molecule has 2 heterocycles. The first kappa shape index (κ1) is 9.12. The van der Waals surface area contributed by atoms with Gasteiger partial charge in [-0.05, 0) is 0 Å². The molecule has 6 heteroatoms. The van der Waals surface area contributed by atoms with Crippen LogP contribution in [-0.4, -0.2) is 49.8 Å². The average Bonchev–Trinajstić information content (AvgIpc) is 2.39. The monoisotopic (exact) mass is 199 g/mol. The molecule has 0 amide bonds. The molecule has 0 spiro atoms. The lowest BCUT2D eigenvalue weighted by Gasteiger charge is -2.57. The maximum absolute atomic E-state index is 10.1. The van der Waals surface area contributed by atoms with Crippen molar-refractivity contribution in [2.75, 3.05) is 13.3 Å². The molecule has 3 aliphatic rings. The van der Waals surface area contributed by atoms with E-state index >= 15 is 0 Å². The molecule has 5 atom stereocenters. The highest BCUT2D eigenvalue weighted by molar-refractivity contribution is 6.11. The van der Waals surface area contributed by atoms with Crippen LogP contribution in [-0.2, 0) is 14.2 Å². The Morgan fingerprint density at radius 2 is 2.36 bits per heavy atom. The summed E-state index contributed by atoms with van der Waals surface area (Å²) < 4.78 is 16.4. The predicted octanol–water partition coefficient (Wildman–Crippen LogP) is -2.25. The first-order chi connectivity index (χ1) is 6.61. The smallest absolute Gasteiger partial charge is 0.179 e. The SMILES string of the molecule is B[C@@H]1O[C@@]2(CN)CC3(O)OCO[C@H]1C32. The van der Waals surface area contributed by atoms with Gasteiger partial charge in [0, 0.05) is 13.0 Å². The van der Waals surface area contributed by atoms with Crippen molar-refractivity contribution >= 4 is 7.85 Å². The largest absolute Gasteiger partial charge is 0.376 e. The summed E-state index contributed by atoms with van der Waals surface area (Å²) in [5.41, 5.74) is 5.27. The average molecular weight is 199 g/mol. The number of aliphatic hydroxyl groups is 1. The van der Waals surface area contributed by atoms with E-state index in [1.807, 2.05) is 7.85 Å². The minimum atomic E-state index is -1.06. The maximum atomic E-state index is 10.1. The maximum Gasteiger partial charge on any atom is 0.179 e. The van der Waals surface area contributed by atoms with Crippen LogP contribution in [0.2, 0.25) is 0 Å². The normalized spacial score (nSPS) is 60.6. The third-order valence-electron chi connectivity index (χ3n) is 3.73. The second kappa shape index (κ2) is 2.51. The highest BCUT2D eigenvalue weighted by Crippen LogP contribution is 2.59. The van der Waals surface area contributed by atoms with E-state index in [0.717, 1.165) is 0 Å². The fourth-order valence-electron chi connectivity index (χ4n) is 3.14. The van der Waals surface area contributed by atoms with Gasteiger partial charge in [-0.15, -0.1) is 0 Å². The third kappa shape index (κ3) is 0.839. The Hall–Kier alpha value is -0.135. The van der Waals surface area contributed by atoms with Crippen LogP contribution >= 0.6 is 0 Å². The van der Waals surface area contributed by atoms with Gasteiger partial charge in [0.25, 0.3) is 0 Å². The van der Waals surface area contributed by atoms with Crippen molar-refractivity contribution in [3.8, 4) is 0 Å². The molecule has 3 N–H and O–H groups in total. The van der Waals surface area contributed by atoms with Gasteiger partial charge >= 0.3 is 0 Å². The zero-order valence-corrected chi connectivity index (χ0v) is 8.10. The zero-order valence-electron chi connectivity index (χ0n) is 8.10. The van der Waals surface area contributed by atoms with Gasteiger partial charge in [-0.3, -0.25) is 0 Å². The highest BCUT2D eigenvalue weighted by atomic mass is 16.8. The fourth-order valence-corrected chi connectivity index (χ4v) is 3.14. The molecule has 0 aromatic heterocycles. The van der Waals surface area contributed by atoms with E-state index < -0.39 is 11.4 Å². The van der Waals surface area contributed by atoms with Gasteiger partial charge in [0.15, 0.2) is 12.6 Å². The van der Waals surface area contributed by atoms with Crippen LogP contribution in [0.15, 0.2) is 0 Å². The van der Waals surface area contributed by atoms with E-state index in [4.69, 9.17) is 19.9 Å². The topological polar surface area (TPSA) is 73.9 Å². The minimum absolute atomic E-state index is 0.0125. The number of rotatable bonds is 1. The molecule has 2 aliphatic heterocycles. The second-order valence-corrected chi connectivity index (χ2v) is 4.48. The summed E-state index contributed by atoms with van der Waals surface area (Å²) in [6.45, 7) is 0.555. The van der Waals surface area contributed by atoms with E-state index in [2.05, 4.69) is 0 Å². The first-order valence-electron chi connectivity index (χ1n) is 4.97. The van der Waals surface area contributed by atoms with Crippen molar-refractivity contribution < 1.29 is 19.3 Å².